The third kappa shape index (κ3) is 3.15. The molecule has 0 bridgehead atoms. The van der Waals surface area contributed by atoms with Crippen LogP contribution in [0.15, 0.2) is 30.3 Å². The number of carbonyl (C=O) groups is 1. The maximum atomic E-state index is 12.6. The number of H-pyrrole nitrogens is 1. The van der Waals surface area contributed by atoms with Gasteiger partial charge in [-0.25, -0.2) is 0 Å². The van der Waals surface area contributed by atoms with Crippen molar-refractivity contribution in [1.29, 1.82) is 0 Å². The Balaban J connectivity index is 1.81. The molecule has 1 saturated heterocycles. The van der Waals surface area contributed by atoms with Crippen LogP contribution < -0.4 is 0 Å². The number of nitrogens with zero attached hydrogens (tertiary/aromatic N) is 2. The predicted octanol–water partition coefficient (Wildman–Crippen LogP) is 2.84. The summed E-state index contributed by atoms with van der Waals surface area (Å²) in [5.41, 5.74) is 1.96. The lowest BCUT2D eigenvalue weighted by atomic mass is 10.1. The molecule has 0 radical (unpaired) electrons. The minimum Gasteiger partial charge on any atom is -0.379 e. The van der Waals surface area contributed by atoms with Gasteiger partial charge in [0.05, 0.1) is 23.9 Å². The molecule has 1 unspecified atom stereocenters. The number of benzene rings is 1. The molecule has 5 nitrogen and oxygen atoms in total. The number of aromatic amines is 1. The van der Waals surface area contributed by atoms with Crippen molar-refractivity contribution in [3.05, 3.63) is 41.0 Å². The Hall–Kier alpha value is -1.85. The van der Waals surface area contributed by atoms with Crippen molar-refractivity contribution >= 4 is 17.5 Å². The Labute approximate surface area is 134 Å². The molecule has 1 aromatic carbocycles. The summed E-state index contributed by atoms with van der Waals surface area (Å²) in [6, 6.07) is 9.20. The number of nitrogens with one attached hydrogen (secondary N) is 1. The molecule has 0 saturated carbocycles. The fraction of sp³-hybridized carbons (Fsp3) is 0.375. The van der Waals surface area contributed by atoms with E-state index in [4.69, 9.17) is 16.3 Å². The van der Waals surface area contributed by atoms with Gasteiger partial charge in [0.15, 0.2) is 0 Å². The van der Waals surface area contributed by atoms with Gasteiger partial charge < -0.3 is 9.64 Å². The molecule has 1 N–H and O–H groups in total. The Kier molecular flexibility index (Phi) is 4.45. The SMILES string of the molecule is CC1COCCN(C(=O)c2cc(-c3ccccc3Cl)n[nH]2)C1. The second-order valence-corrected chi connectivity index (χ2v) is 5.99. The first-order valence-corrected chi connectivity index (χ1v) is 7.70. The average Bonchev–Trinajstić information content (AvgIpc) is 2.89. The van der Waals surface area contributed by atoms with E-state index in [1.165, 1.54) is 0 Å². The molecule has 0 spiro atoms. The molecule has 1 atom stereocenters. The molecular formula is C16H18ClN3O2. The molecule has 1 aromatic heterocycles. The van der Waals surface area contributed by atoms with Gasteiger partial charge in [-0.2, -0.15) is 5.10 Å². The summed E-state index contributed by atoms with van der Waals surface area (Å²) in [4.78, 5) is 14.4. The van der Waals surface area contributed by atoms with Gasteiger partial charge in [0, 0.05) is 18.7 Å². The minimum atomic E-state index is -0.0526. The Morgan fingerprint density at radius 2 is 2.27 bits per heavy atom. The van der Waals surface area contributed by atoms with Gasteiger partial charge in [0.2, 0.25) is 0 Å². The highest BCUT2D eigenvalue weighted by molar-refractivity contribution is 6.33. The van der Waals surface area contributed by atoms with Crippen molar-refractivity contribution in [2.24, 2.45) is 5.92 Å². The highest BCUT2D eigenvalue weighted by Gasteiger charge is 2.23. The summed E-state index contributed by atoms with van der Waals surface area (Å²) in [6.45, 7) is 4.63. The lowest BCUT2D eigenvalue weighted by Gasteiger charge is -2.20. The first-order chi connectivity index (χ1) is 10.6. The molecule has 116 valence electrons. The van der Waals surface area contributed by atoms with E-state index in [9.17, 15) is 4.79 Å². The number of hydrogen-bond donors (Lipinski definition) is 1. The Bertz CT molecular complexity index is 671. The molecule has 2 heterocycles. The van der Waals surface area contributed by atoms with E-state index in [0.29, 0.717) is 48.6 Å². The van der Waals surface area contributed by atoms with Gasteiger partial charge in [-0.15, -0.1) is 0 Å². The van der Waals surface area contributed by atoms with Crippen molar-refractivity contribution in [3.8, 4) is 11.3 Å². The number of hydrogen-bond acceptors (Lipinski definition) is 3. The average molecular weight is 320 g/mol. The maximum Gasteiger partial charge on any atom is 0.271 e. The smallest absolute Gasteiger partial charge is 0.271 e. The second kappa shape index (κ2) is 6.50. The van der Waals surface area contributed by atoms with Gasteiger partial charge in [0.25, 0.3) is 5.91 Å². The zero-order valence-corrected chi connectivity index (χ0v) is 13.1. The number of halogens is 1. The normalized spacial score (nSPS) is 19.0. The zero-order valence-electron chi connectivity index (χ0n) is 12.4. The number of aromatic nitrogens is 2. The van der Waals surface area contributed by atoms with Gasteiger partial charge in [0.1, 0.15) is 5.69 Å². The highest BCUT2D eigenvalue weighted by atomic mass is 35.5. The summed E-state index contributed by atoms with van der Waals surface area (Å²) in [5.74, 6) is 0.278. The number of carbonyl (C=O) groups excluding carboxylic acids is 1. The fourth-order valence-electron chi connectivity index (χ4n) is 2.57. The van der Waals surface area contributed by atoms with Crippen molar-refractivity contribution < 1.29 is 9.53 Å². The second-order valence-electron chi connectivity index (χ2n) is 5.58. The van der Waals surface area contributed by atoms with E-state index in [0.717, 1.165) is 5.56 Å². The van der Waals surface area contributed by atoms with E-state index in [1.807, 2.05) is 23.1 Å². The molecule has 6 heteroatoms. The molecule has 2 aromatic rings. The third-order valence-corrected chi connectivity index (χ3v) is 4.01. The molecular weight excluding hydrogens is 302 g/mol. The van der Waals surface area contributed by atoms with E-state index >= 15 is 0 Å². The lowest BCUT2D eigenvalue weighted by molar-refractivity contribution is 0.0732. The van der Waals surface area contributed by atoms with E-state index in [-0.39, 0.29) is 5.91 Å². The quantitative estimate of drug-likeness (QED) is 0.926. The summed E-state index contributed by atoms with van der Waals surface area (Å²) in [7, 11) is 0. The summed E-state index contributed by atoms with van der Waals surface area (Å²) in [6.07, 6.45) is 0. The minimum absolute atomic E-state index is 0.0526. The first-order valence-electron chi connectivity index (χ1n) is 7.32. The highest BCUT2D eigenvalue weighted by Crippen LogP contribution is 2.26. The largest absolute Gasteiger partial charge is 0.379 e. The van der Waals surface area contributed by atoms with Gasteiger partial charge >= 0.3 is 0 Å². The van der Waals surface area contributed by atoms with Crippen LogP contribution in [0.3, 0.4) is 0 Å². The molecule has 3 rings (SSSR count). The van der Waals surface area contributed by atoms with Crippen LogP contribution in [-0.2, 0) is 4.74 Å². The maximum absolute atomic E-state index is 12.6. The van der Waals surface area contributed by atoms with Gasteiger partial charge in [-0.1, -0.05) is 36.7 Å². The zero-order chi connectivity index (χ0) is 15.5. The van der Waals surface area contributed by atoms with Crippen LogP contribution in [0.1, 0.15) is 17.4 Å². The first kappa shape index (κ1) is 15.1. The van der Waals surface area contributed by atoms with Crippen LogP contribution >= 0.6 is 11.6 Å². The predicted molar refractivity (Wildman–Crippen MR) is 84.9 cm³/mol. The third-order valence-electron chi connectivity index (χ3n) is 3.69. The number of rotatable bonds is 2. The molecule has 1 fully saturated rings. The van der Waals surface area contributed by atoms with E-state index in [2.05, 4.69) is 17.1 Å². The van der Waals surface area contributed by atoms with Crippen molar-refractivity contribution in [1.82, 2.24) is 15.1 Å². The van der Waals surface area contributed by atoms with E-state index < -0.39 is 0 Å². The fourth-order valence-corrected chi connectivity index (χ4v) is 2.81. The monoisotopic (exact) mass is 319 g/mol. The van der Waals surface area contributed by atoms with Crippen LogP contribution in [0.25, 0.3) is 11.3 Å². The molecule has 0 aliphatic carbocycles. The number of amides is 1. The van der Waals surface area contributed by atoms with Crippen molar-refractivity contribution in [2.75, 3.05) is 26.3 Å². The summed E-state index contributed by atoms with van der Waals surface area (Å²) < 4.78 is 5.48. The van der Waals surface area contributed by atoms with Gasteiger partial charge in [-0.3, -0.25) is 9.89 Å². The lowest BCUT2D eigenvalue weighted by Crippen LogP contribution is -2.35. The molecule has 1 aliphatic rings. The molecule has 1 amide bonds. The van der Waals surface area contributed by atoms with Crippen LogP contribution in [0.2, 0.25) is 5.02 Å². The van der Waals surface area contributed by atoms with Crippen LogP contribution in [0, 0.1) is 5.92 Å². The van der Waals surface area contributed by atoms with Gasteiger partial charge in [-0.05, 0) is 18.1 Å². The Morgan fingerprint density at radius 3 is 3.09 bits per heavy atom. The molecule has 1 aliphatic heterocycles. The number of ether oxygens (including phenoxy) is 1. The van der Waals surface area contributed by atoms with Crippen LogP contribution in [0.4, 0.5) is 0 Å². The topological polar surface area (TPSA) is 58.2 Å². The van der Waals surface area contributed by atoms with Crippen LogP contribution in [-0.4, -0.2) is 47.3 Å². The molecule has 22 heavy (non-hydrogen) atoms. The van der Waals surface area contributed by atoms with Crippen molar-refractivity contribution in [2.45, 2.75) is 6.92 Å². The Morgan fingerprint density at radius 1 is 1.45 bits per heavy atom. The standard InChI is InChI=1S/C16H18ClN3O2/c1-11-9-20(6-7-22-10-11)16(21)15-8-14(18-19-15)12-4-2-3-5-13(12)17/h2-5,8,11H,6-7,9-10H2,1H3,(H,18,19). The summed E-state index contributed by atoms with van der Waals surface area (Å²) >= 11 is 6.17. The van der Waals surface area contributed by atoms with Crippen molar-refractivity contribution in [3.63, 3.8) is 0 Å². The summed E-state index contributed by atoms with van der Waals surface area (Å²) in [5, 5.41) is 7.66. The van der Waals surface area contributed by atoms with E-state index in [1.54, 1.807) is 12.1 Å². The van der Waals surface area contributed by atoms with Crippen LogP contribution in [0.5, 0.6) is 0 Å².